The van der Waals surface area contributed by atoms with Crippen LogP contribution in [0.4, 0.5) is 0 Å². The third-order valence-electron chi connectivity index (χ3n) is 4.17. The van der Waals surface area contributed by atoms with E-state index in [0.717, 1.165) is 30.8 Å². The van der Waals surface area contributed by atoms with Gasteiger partial charge in [0, 0.05) is 24.8 Å². The molecule has 1 amide bonds. The molecule has 1 N–H and O–H groups in total. The number of hydrogen-bond donors (Lipinski definition) is 1. The maximum atomic E-state index is 12.3. The van der Waals surface area contributed by atoms with Crippen LogP contribution in [0.5, 0.6) is 0 Å². The van der Waals surface area contributed by atoms with Gasteiger partial charge in [-0.1, -0.05) is 0 Å². The maximum Gasteiger partial charge on any atom is 0.257 e. The van der Waals surface area contributed by atoms with Crippen molar-refractivity contribution in [2.24, 2.45) is 0 Å². The molecule has 0 aliphatic carbocycles. The van der Waals surface area contributed by atoms with Crippen LogP contribution in [0.1, 0.15) is 35.3 Å². The van der Waals surface area contributed by atoms with E-state index < -0.39 is 0 Å². The van der Waals surface area contributed by atoms with Gasteiger partial charge in [-0.15, -0.1) is 0 Å². The SMILES string of the molecule is Cc1[nH]ncc1C(=O)N1CCC(N2CCCC2)C1. The number of carbonyl (C=O) groups excluding carboxylic acids is 1. The highest BCUT2D eigenvalue weighted by molar-refractivity contribution is 5.95. The molecule has 1 unspecified atom stereocenters. The number of hydrogen-bond acceptors (Lipinski definition) is 3. The van der Waals surface area contributed by atoms with E-state index in [-0.39, 0.29) is 5.91 Å². The fourth-order valence-electron chi connectivity index (χ4n) is 3.07. The third-order valence-corrected chi connectivity index (χ3v) is 4.17. The first-order valence-corrected chi connectivity index (χ1v) is 6.79. The van der Waals surface area contributed by atoms with Crippen molar-refractivity contribution in [3.05, 3.63) is 17.5 Å². The number of amides is 1. The Morgan fingerprint density at radius 1 is 1.39 bits per heavy atom. The molecule has 0 bridgehead atoms. The number of H-pyrrole nitrogens is 1. The highest BCUT2D eigenvalue weighted by Gasteiger charge is 2.32. The van der Waals surface area contributed by atoms with Crippen molar-refractivity contribution in [2.45, 2.75) is 32.2 Å². The van der Waals surface area contributed by atoms with Gasteiger partial charge in [0.25, 0.3) is 5.91 Å². The fraction of sp³-hybridized carbons (Fsp3) is 0.692. The van der Waals surface area contributed by atoms with Crippen LogP contribution in [0, 0.1) is 6.92 Å². The Labute approximate surface area is 107 Å². The second-order valence-electron chi connectivity index (χ2n) is 5.35. The number of nitrogens with zero attached hydrogens (tertiary/aromatic N) is 3. The molecule has 5 nitrogen and oxygen atoms in total. The van der Waals surface area contributed by atoms with Gasteiger partial charge in [0.2, 0.25) is 0 Å². The van der Waals surface area contributed by atoms with Crippen molar-refractivity contribution in [3.8, 4) is 0 Å². The molecule has 98 valence electrons. The maximum absolute atomic E-state index is 12.3. The summed E-state index contributed by atoms with van der Waals surface area (Å²) >= 11 is 0. The molecule has 0 spiro atoms. The first kappa shape index (κ1) is 11.7. The van der Waals surface area contributed by atoms with Gasteiger partial charge < -0.3 is 4.90 Å². The molecule has 1 aromatic heterocycles. The van der Waals surface area contributed by atoms with Crippen LogP contribution in [0.15, 0.2) is 6.20 Å². The number of nitrogens with one attached hydrogen (secondary N) is 1. The monoisotopic (exact) mass is 248 g/mol. The Bertz CT molecular complexity index is 436. The lowest BCUT2D eigenvalue weighted by Gasteiger charge is -2.23. The lowest BCUT2D eigenvalue weighted by molar-refractivity contribution is 0.0779. The van der Waals surface area contributed by atoms with Crippen molar-refractivity contribution in [2.75, 3.05) is 26.2 Å². The van der Waals surface area contributed by atoms with Gasteiger partial charge >= 0.3 is 0 Å². The van der Waals surface area contributed by atoms with Crippen LogP contribution in [0.2, 0.25) is 0 Å². The van der Waals surface area contributed by atoms with Crippen molar-refractivity contribution in [3.63, 3.8) is 0 Å². The molecule has 2 fully saturated rings. The minimum atomic E-state index is 0.128. The largest absolute Gasteiger partial charge is 0.337 e. The van der Waals surface area contributed by atoms with E-state index in [0.29, 0.717) is 6.04 Å². The Kier molecular flexibility index (Phi) is 3.07. The summed E-state index contributed by atoms with van der Waals surface area (Å²) in [4.78, 5) is 16.8. The predicted molar refractivity (Wildman–Crippen MR) is 68.4 cm³/mol. The first-order chi connectivity index (χ1) is 8.75. The molecule has 3 rings (SSSR count). The average molecular weight is 248 g/mol. The van der Waals surface area contributed by atoms with E-state index in [1.165, 1.54) is 25.9 Å². The Hall–Kier alpha value is -1.36. The van der Waals surface area contributed by atoms with Gasteiger partial charge in [0.1, 0.15) is 0 Å². The Morgan fingerprint density at radius 2 is 2.17 bits per heavy atom. The lowest BCUT2D eigenvalue weighted by Crippen LogP contribution is -2.37. The Morgan fingerprint density at radius 3 is 2.83 bits per heavy atom. The number of likely N-dealkylation sites (tertiary alicyclic amines) is 2. The van der Waals surface area contributed by atoms with E-state index in [9.17, 15) is 4.79 Å². The summed E-state index contributed by atoms with van der Waals surface area (Å²) in [7, 11) is 0. The molecule has 5 heteroatoms. The van der Waals surface area contributed by atoms with Crippen LogP contribution in [0.25, 0.3) is 0 Å². The van der Waals surface area contributed by atoms with Crippen molar-refractivity contribution in [1.82, 2.24) is 20.0 Å². The van der Waals surface area contributed by atoms with Gasteiger partial charge in [0.15, 0.2) is 0 Å². The molecule has 0 aromatic carbocycles. The second kappa shape index (κ2) is 4.72. The summed E-state index contributed by atoms with van der Waals surface area (Å²) < 4.78 is 0. The molecule has 2 aliphatic rings. The average Bonchev–Trinajstić information content (AvgIpc) is 3.09. The van der Waals surface area contributed by atoms with E-state index in [4.69, 9.17) is 0 Å². The molecule has 1 aromatic rings. The van der Waals surface area contributed by atoms with E-state index in [1.54, 1.807) is 6.20 Å². The zero-order chi connectivity index (χ0) is 12.5. The van der Waals surface area contributed by atoms with Crippen LogP contribution in [0.3, 0.4) is 0 Å². The normalized spacial score (nSPS) is 24.9. The highest BCUT2D eigenvalue weighted by atomic mass is 16.2. The van der Waals surface area contributed by atoms with E-state index >= 15 is 0 Å². The van der Waals surface area contributed by atoms with Crippen LogP contribution >= 0.6 is 0 Å². The topological polar surface area (TPSA) is 52.2 Å². The second-order valence-corrected chi connectivity index (χ2v) is 5.35. The van der Waals surface area contributed by atoms with Gasteiger partial charge in [-0.25, -0.2) is 0 Å². The molecule has 2 saturated heterocycles. The molecule has 1 atom stereocenters. The molecular formula is C13H20N4O. The van der Waals surface area contributed by atoms with E-state index in [1.807, 2.05) is 11.8 Å². The molecule has 2 aliphatic heterocycles. The molecule has 0 saturated carbocycles. The molecular weight excluding hydrogens is 228 g/mol. The zero-order valence-corrected chi connectivity index (χ0v) is 10.9. The van der Waals surface area contributed by atoms with Crippen LogP contribution in [-0.2, 0) is 0 Å². The third kappa shape index (κ3) is 2.03. The van der Waals surface area contributed by atoms with Gasteiger partial charge in [0.05, 0.1) is 11.8 Å². The van der Waals surface area contributed by atoms with Gasteiger partial charge in [-0.05, 0) is 39.3 Å². The van der Waals surface area contributed by atoms with Crippen LogP contribution in [-0.4, -0.2) is 58.1 Å². The zero-order valence-electron chi connectivity index (χ0n) is 10.9. The van der Waals surface area contributed by atoms with E-state index in [2.05, 4.69) is 15.1 Å². The van der Waals surface area contributed by atoms with Crippen LogP contribution < -0.4 is 0 Å². The summed E-state index contributed by atoms with van der Waals surface area (Å²) in [6.07, 6.45) is 5.38. The number of aromatic amines is 1. The standard InChI is InChI=1S/C13H20N4O/c1-10-12(8-14-15-10)13(18)17-7-4-11(9-17)16-5-2-3-6-16/h8,11H,2-7,9H2,1H3,(H,14,15). The lowest BCUT2D eigenvalue weighted by atomic mass is 10.2. The van der Waals surface area contributed by atoms with Crippen molar-refractivity contribution in [1.29, 1.82) is 0 Å². The Balaban J connectivity index is 1.65. The number of aromatic nitrogens is 2. The molecule has 0 radical (unpaired) electrons. The van der Waals surface area contributed by atoms with Crippen molar-refractivity contribution >= 4 is 5.91 Å². The summed E-state index contributed by atoms with van der Waals surface area (Å²) in [5.41, 5.74) is 1.58. The quantitative estimate of drug-likeness (QED) is 0.850. The smallest absolute Gasteiger partial charge is 0.257 e. The highest BCUT2D eigenvalue weighted by Crippen LogP contribution is 2.22. The first-order valence-electron chi connectivity index (χ1n) is 6.79. The van der Waals surface area contributed by atoms with Gasteiger partial charge in [-0.3, -0.25) is 14.8 Å². The van der Waals surface area contributed by atoms with Gasteiger partial charge in [-0.2, -0.15) is 5.10 Å². The predicted octanol–water partition coefficient (Wildman–Crippen LogP) is 1.03. The fourth-order valence-corrected chi connectivity index (χ4v) is 3.07. The minimum absolute atomic E-state index is 0.128. The number of carbonyl (C=O) groups is 1. The number of rotatable bonds is 2. The summed E-state index contributed by atoms with van der Waals surface area (Å²) in [6, 6.07) is 0.573. The number of aryl methyl sites for hydroxylation is 1. The van der Waals surface area contributed by atoms with Crippen molar-refractivity contribution < 1.29 is 4.79 Å². The summed E-state index contributed by atoms with van der Waals surface area (Å²) in [5, 5.41) is 6.76. The minimum Gasteiger partial charge on any atom is -0.337 e. The molecule has 3 heterocycles. The molecule has 18 heavy (non-hydrogen) atoms. The summed E-state index contributed by atoms with van der Waals surface area (Å²) in [6.45, 7) is 6.07. The summed E-state index contributed by atoms with van der Waals surface area (Å²) in [5.74, 6) is 0.128.